The van der Waals surface area contributed by atoms with E-state index in [0.29, 0.717) is 16.3 Å². The van der Waals surface area contributed by atoms with Crippen molar-refractivity contribution >= 4 is 44.9 Å². The molecule has 1 fully saturated rings. The fourth-order valence-corrected chi connectivity index (χ4v) is 4.20. The van der Waals surface area contributed by atoms with E-state index in [2.05, 4.69) is 14.9 Å². The minimum absolute atomic E-state index is 0.104. The summed E-state index contributed by atoms with van der Waals surface area (Å²) in [7, 11) is -0.516. The van der Waals surface area contributed by atoms with Crippen LogP contribution >= 0.6 is 11.6 Å². The standard InChI is InChI=1S/C19H23ClN4O3S.C2HF3O2/c1-23(2)19(25)14-3-8-18(24-11-9-21-10-12-24)17(13-14)22-28(26,27)16-6-4-15(20)5-7-16;3-2(4,5)1(6)7/h3-8,13,21-22H,9-12H2,1-2H3;(H,6,7). The van der Waals surface area contributed by atoms with Crippen LogP contribution in [0.3, 0.4) is 0 Å². The lowest BCUT2D eigenvalue weighted by Gasteiger charge is -2.31. The Morgan fingerprint density at radius 3 is 2.11 bits per heavy atom. The van der Waals surface area contributed by atoms with Gasteiger partial charge in [-0.1, -0.05) is 11.6 Å². The second-order valence-electron chi connectivity index (χ2n) is 7.53. The van der Waals surface area contributed by atoms with Gasteiger partial charge in [0.15, 0.2) is 0 Å². The molecule has 0 atom stereocenters. The number of alkyl halides is 3. The van der Waals surface area contributed by atoms with Gasteiger partial charge in [0.05, 0.1) is 16.3 Å². The first-order valence-corrected chi connectivity index (χ1v) is 12.0. The molecule has 0 bridgehead atoms. The predicted molar refractivity (Wildman–Crippen MR) is 125 cm³/mol. The number of amides is 1. The molecule has 2 aromatic rings. The fraction of sp³-hybridized carbons (Fsp3) is 0.333. The average molecular weight is 537 g/mol. The van der Waals surface area contributed by atoms with E-state index in [1.54, 1.807) is 32.3 Å². The lowest BCUT2D eigenvalue weighted by Crippen LogP contribution is -2.43. The Morgan fingerprint density at radius 2 is 1.63 bits per heavy atom. The third kappa shape index (κ3) is 8.01. The molecule has 1 amide bonds. The maximum atomic E-state index is 12.9. The van der Waals surface area contributed by atoms with Crippen LogP contribution in [0.15, 0.2) is 47.4 Å². The SMILES string of the molecule is CN(C)C(=O)c1ccc(N2CCNCC2)c(NS(=O)(=O)c2ccc(Cl)cc2)c1.O=C(O)C(F)(F)F. The predicted octanol–water partition coefficient (Wildman–Crippen LogP) is 2.89. The summed E-state index contributed by atoms with van der Waals surface area (Å²) < 4.78 is 60.2. The van der Waals surface area contributed by atoms with Gasteiger partial charge in [0.1, 0.15) is 0 Å². The molecular formula is C21H24ClF3N4O5S. The summed E-state index contributed by atoms with van der Waals surface area (Å²) in [5.74, 6) is -2.95. The highest BCUT2D eigenvalue weighted by atomic mass is 35.5. The number of carbonyl (C=O) groups is 2. The van der Waals surface area contributed by atoms with Gasteiger partial charge >= 0.3 is 12.1 Å². The van der Waals surface area contributed by atoms with Crippen LogP contribution in [0.4, 0.5) is 24.5 Å². The molecule has 0 saturated carbocycles. The van der Waals surface area contributed by atoms with E-state index in [-0.39, 0.29) is 10.8 Å². The van der Waals surface area contributed by atoms with Gasteiger partial charge < -0.3 is 20.2 Å². The van der Waals surface area contributed by atoms with Crippen LogP contribution in [0, 0.1) is 0 Å². The molecule has 35 heavy (non-hydrogen) atoms. The number of anilines is 2. The Morgan fingerprint density at radius 1 is 1.09 bits per heavy atom. The average Bonchev–Trinajstić information content (AvgIpc) is 2.79. The second kappa shape index (κ2) is 11.6. The van der Waals surface area contributed by atoms with Gasteiger partial charge in [-0.25, -0.2) is 13.2 Å². The molecule has 1 aliphatic rings. The number of hydrogen-bond donors (Lipinski definition) is 3. The second-order valence-corrected chi connectivity index (χ2v) is 9.65. The van der Waals surface area contributed by atoms with E-state index in [1.165, 1.54) is 29.2 Å². The molecular weight excluding hydrogens is 513 g/mol. The molecule has 192 valence electrons. The molecule has 1 heterocycles. The van der Waals surface area contributed by atoms with Crippen molar-refractivity contribution in [2.24, 2.45) is 0 Å². The maximum Gasteiger partial charge on any atom is 0.490 e. The van der Waals surface area contributed by atoms with Crippen molar-refractivity contribution in [2.45, 2.75) is 11.1 Å². The van der Waals surface area contributed by atoms with Crippen LogP contribution in [-0.2, 0) is 14.8 Å². The normalized spacial score (nSPS) is 13.9. The van der Waals surface area contributed by atoms with Crippen LogP contribution in [0.5, 0.6) is 0 Å². The van der Waals surface area contributed by atoms with Crippen LogP contribution in [0.1, 0.15) is 10.4 Å². The number of carboxylic acid groups (broad SMARTS) is 1. The fourth-order valence-electron chi connectivity index (χ4n) is 3.01. The van der Waals surface area contributed by atoms with Gasteiger partial charge in [0.2, 0.25) is 0 Å². The van der Waals surface area contributed by atoms with Crippen molar-refractivity contribution in [1.29, 1.82) is 0 Å². The van der Waals surface area contributed by atoms with E-state index < -0.39 is 22.2 Å². The van der Waals surface area contributed by atoms with Crippen LogP contribution in [0.2, 0.25) is 5.02 Å². The smallest absolute Gasteiger partial charge is 0.475 e. The largest absolute Gasteiger partial charge is 0.490 e. The first kappa shape index (κ1) is 28.2. The summed E-state index contributed by atoms with van der Waals surface area (Å²) in [6, 6.07) is 11.1. The zero-order chi connectivity index (χ0) is 26.4. The number of piperazine rings is 1. The molecule has 1 saturated heterocycles. The lowest BCUT2D eigenvalue weighted by molar-refractivity contribution is -0.192. The Kier molecular flexibility index (Phi) is 9.35. The van der Waals surface area contributed by atoms with Gasteiger partial charge in [-0.3, -0.25) is 9.52 Å². The summed E-state index contributed by atoms with van der Waals surface area (Å²) >= 11 is 5.86. The van der Waals surface area contributed by atoms with Crippen LogP contribution in [0.25, 0.3) is 0 Å². The molecule has 1 aliphatic heterocycles. The van der Waals surface area contributed by atoms with Crippen molar-refractivity contribution in [3.8, 4) is 0 Å². The van der Waals surface area contributed by atoms with E-state index in [1.807, 2.05) is 0 Å². The van der Waals surface area contributed by atoms with E-state index in [0.717, 1.165) is 31.9 Å². The minimum Gasteiger partial charge on any atom is -0.475 e. The summed E-state index contributed by atoms with van der Waals surface area (Å²) in [4.78, 5) is 24.9. The van der Waals surface area contributed by atoms with E-state index in [9.17, 15) is 26.4 Å². The Hall–Kier alpha value is -3.03. The highest BCUT2D eigenvalue weighted by Gasteiger charge is 2.38. The summed E-state index contributed by atoms with van der Waals surface area (Å²) in [6.07, 6.45) is -5.08. The van der Waals surface area contributed by atoms with Gasteiger partial charge in [-0.05, 0) is 42.5 Å². The molecule has 9 nitrogen and oxygen atoms in total. The quantitative estimate of drug-likeness (QED) is 0.537. The monoisotopic (exact) mass is 536 g/mol. The number of carbonyl (C=O) groups excluding carboxylic acids is 1. The number of nitrogens with zero attached hydrogens (tertiary/aromatic N) is 2. The van der Waals surface area contributed by atoms with Crippen LogP contribution < -0.4 is 14.9 Å². The molecule has 14 heteroatoms. The number of sulfonamides is 1. The number of carboxylic acids is 1. The third-order valence-corrected chi connectivity index (χ3v) is 6.35. The van der Waals surface area contributed by atoms with Crippen LogP contribution in [-0.4, -0.2) is 76.8 Å². The number of nitrogens with one attached hydrogen (secondary N) is 2. The first-order chi connectivity index (χ1) is 16.2. The number of aliphatic carboxylic acids is 1. The van der Waals surface area contributed by atoms with Crippen molar-refractivity contribution in [3.63, 3.8) is 0 Å². The Balaban J connectivity index is 0.000000540. The summed E-state index contributed by atoms with van der Waals surface area (Å²) in [5, 5.41) is 10.9. The number of hydrogen-bond acceptors (Lipinski definition) is 6. The first-order valence-electron chi connectivity index (χ1n) is 10.1. The Bertz CT molecular complexity index is 1150. The van der Waals surface area contributed by atoms with Gasteiger partial charge in [-0.15, -0.1) is 0 Å². The van der Waals surface area contributed by atoms with Crippen molar-refractivity contribution < 1.29 is 36.3 Å². The molecule has 0 aromatic heterocycles. The zero-order valence-corrected chi connectivity index (χ0v) is 20.3. The highest BCUT2D eigenvalue weighted by Crippen LogP contribution is 2.30. The summed E-state index contributed by atoms with van der Waals surface area (Å²) in [5.41, 5.74) is 1.54. The maximum absolute atomic E-state index is 12.9. The van der Waals surface area contributed by atoms with Gasteiger partial charge in [-0.2, -0.15) is 13.2 Å². The van der Waals surface area contributed by atoms with Crippen molar-refractivity contribution in [2.75, 3.05) is 49.9 Å². The highest BCUT2D eigenvalue weighted by molar-refractivity contribution is 7.92. The topological polar surface area (TPSA) is 119 Å². The molecule has 0 unspecified atom stereocenters. The van der Waals surface area contributed by atoms with Gasteiger partial charge in [0.25, 0.3) is 15.9 Å². The lowest BCUT2D eigenvalue weighted by atomic mass is 10.1. The molecule has 0 aliphatic carbocycles. The molecule has 3 rings (SSSR count). The van der Waals surface area contributed by atoms with Crippen molar-refractivity contribution in [1.82, 2.24) is 10.2 Å². The zero-order valence-electron chi connectivity index (χ0n) is 18.8. The third-order valence-electron chi connectivity index (χ3n) is 4.72. The molecule has 3 N–H and O–H groups in total. The van der Waals surface area contributed by atoms with Gasteiger partial charge in [0, 0.05) is 50.9 Å². The van der Waals surface area contributed by atoms with E-state index in [4.69, 9.17) is 21.5 Å². The molecule has 0 spiro atoms. The van der Waals surface area contributed by atoms with Crippen molar-refractivity contribution in [3.05, 3.63) is 53.1 Å². The Labute approximate surface area is 205 Å². The minimum atomic E-state index is -5.08. The van der Waals surface area contributed by atoms with E-state index >= 15 is 0 Å². The number of halogens is 4. The summed E-state index contributed by atoms with van der Waals surface area (Å²) in [6.45, 7) is 3.11. The molecule has 0 radical (unpaired) electrons. The molecule has 2 aromatic carbocycles. The number of benzene rings is 2. The number of rotatable bonds is 5.